The Bertz CT molecular complexity index is 999. The van der Waals surface area contributed by atoms with Gasteiger partial charge in [-0.15, -0.1) is 0 Å². The SMILES string of the molecule is Cc1ncc(-c2ccncc2)c(C2CCCCN2C(=O)c2cc(C(C)C)no2)n1. The third-order valence-corrected chi connectivity index (χ3v) is 5.34. The van der Waals surface area contributed by atoms with Crippen LogP contribution in [0.15, 0.2) is 41.3 Å². The van der Waals surface area contributed by atoms with Gasteiger partial charge in [-0.1, -0.05) is 19.0 Å². The predicted octanol–water partition coefficient (Wildman–Crippen LogP) is 4.33. The smallest absolute Gasteiger partial charge is 0.293 e. The molecule has 1 aliphatic heterocycles. The second kappa shape index (κ2) is 8.11. The van der Waals surface area contributed by atoms with Crippen LogP contribution in [-0.2, 0) is 0 Å². The molecule has 0 radical (unpaired) electrons. The van der Waals surface area contributed by atoms with Gasteiger partial charge in [-0.25, -0.2) is 9.97 Å². The summed E-state index contributed by atoms with van der Waals surface area (Å²) in [5, 5.41) is 4.05. The lowest BCUT2D eigenvalue weighted by atomic mass is 9.93. The van der Waals surface area contributed by atoms with Crippen molar-refractivity contribution in [3.63, 3.8) is 0 Å². The van der Waals surface area contributed by atoms with Crippen LogP contribution < -0.4 is 0 Å². The van der Waals surface area contributed by atoms with Crippen LogP contribution in [0.3, 0.4) is 0 Å². The normalized spacial score (nSPS) is 17.0. The molecule has 0 saturated carbocycles. The fourth-order valence-corrected chi connectivity index (χ4v) is 3.76. The fraction of sp³-hybridized carbons (Fsp3) is 0.409. The first-order chi connectivity index (χ1) is 14.0. The molecule has 1 saturated heterocycles. The third-order valence-electron chi connectivity index (χ3n) is 5.34. The van der Waals surface area contributed by atoms with E-state index in [1.165, 1.54) is 0 Å². The molecule has 1 atom stereocenters. The van der Waals surface area contributed by atoms with E-state index in [2.05, 4.69) is 15.1 Å². The van der Waals surface area contributed by atoms with E-state index in [0.29, 0.717) is 12.4 Å². The molecule has 0 aliphatic carbocycles. The van der Waals surface area contributed by atoms with Crippen LogP contribution in [-0.4, -0.2) is 37.5 Å². The molecule has 1 aliphatic rings. The summed E-state index contributed by atoms with van der Waals surface area (Å²) in [5.74, 6) is 1.06. The number of hydrogen-bond acceptors (Lipinski definition) is 6. The van der Waals surface area contributed by atoms with Crippen LogP contribution in [0.1, 0.15) is 72.8 Å². The molecule has 4 rings (SSSR count). The molecular weight excluding hydrogens is 366 g/mol. The zero-order valence-corrected chi connectivity index (χ0v) is 17.0. The quantitative estimate of drug-likeness (QED) is 0.658. The van der Waals surface area contributed by atoms with Gasteiger partial charge < -0.3 is 9.42 Å². The summed E-state index contributed by atoms with van der Waals surface area (Å²) in [6.07, 6.45) is 8.21. The van der Waals surface area contributed by atoms with Crippen molar-refractivity contribution in [1.82, 2.24) is 25.0 Å². The molecular formula is C22H25N5O2. The number of piperidine rings is 1. The Kier molecular flexibility index (Phi) is 5.38. The van der Waals surface area contributed by atoms with Gasteiger partial charge in [0.2, 0.25) is 5.76 Å². The zero-order chi connectivity index (χ0) is 20.4. The van der Waals surface area contributed by atoms with E-state index in [4.69, 9.17) is 9.51 Å². The van der Waals surface area contributed by atoms with Crippen LogP contribution in [0, 0.1) is 6.92 Å². The van der Waals surface area contributed by atoms with E-state index in [0.717, 1.165) is 41.8 Å². The number of amides is 1. The highest BCUT2D eigenvalue weighted by Crippen LogP contribution is 2.36. The van der Waals surface area contributed by atoms with Gasteiger partial charge in [0.05, 0.1) is 17.4 Å². The molecule has 150 valence electrons. The van der Waals surface area contributed by atoms with E-state index < -0.39 is 0 Å². The number of pyridine rings is 1. The minimum Gasteiger partial charge on any atom is -0.351 e. The van der Waals surface area contributed by atoms with Crippen molar-refractivity contribution in [2.24, 2.45) is 0 Å². The van der Waals surface area contributed by atoms with Gasteiger partial charge >= 0.3 is 0 Å². The van der Waals surface area contributed by atoms with Crippen LogP contribution in [0.5, 0.6) is 0 Å². The number of carbonyl (C=O) groups is 1. The summed E-state index contributed by atoms with van der Waals surface area (Å²) in [6, 6.07) is 5.51. The molecule has 1 amide bonds. The van der Waals surface area contributed by atoms with E-state index in [1.54, 1.807) is 18.5 Å². The zero-order valence-electron chi connectivity index (χ0n) is 17.0. The second-order valence-corrected chi connectivity index (χ2v) is 7.73. The maximum absolute atomic E-state index is 13.3. The Morgan fingerprint density at radius 2 is 2.03 bits per heavy atom. The van der Waals surface area contributed by atoms with Crippen molar-refractivity contribution in [3.8, 4) is 11.1 Å². The standard InChI is InChI=1S/C22H25N5O2/c1-14(2)18-12-20(29-26-18)22(28)27-11-5-4-6-19(27)21-17(13-24-15(3)25-21)16-7-9-23-10-8-16/h7-10,12-14,19H,4-6,11H2,1-3H3. The summed E-state index contributed by atoms with van der Waals surface area (Å²) in [6.45, 7) is 6.60. The van der Waals surface area contributed by atoms with Gasteiger partial charge in [0.25, 0.3) is 5.91 Å². The highest BCUT2D eigenvalue weighted by molar-refractivity contribution is 5.92. The van der Waals surface area contributed by atoms with E-state index in [1.807, 2.05) is 44.0 Å². The number of aromatic nitrogens is 4. The van der Waals surface area contributed by atoms with Crippen molar-refractivity contribution in [3.05, 3.63) is 59.8 Å². The Labute approximate surface area is 170 Å². The highest BCUT2D eigenvalue weighted by atomic mass is 16.5. The number of aryl methyl sites for hydroxylation is 1. The molecule has 3 aromatic heterocycles. The molecule has 7 nitrogen and oxygen atoms in total. The summed E-state index contributed by atoms with van der Waals surface area (Å²) < 4.78 is 5.38. The molecule has 0 bridgehead atoms. The molecule has 1 unspecified atom stereocenters. The lowest BCUT2D eigenvalue weighted by Gasteiger charge is -2.35. The second-order valence-electron chi connectivity index (χ2n) is 7.73. The van der Waals surface area contributed by atoms with Gasteiger partial charge in [0.1, 0.15) is 5.82 Å². The van der Waals surface area contributed by atoms with Gasteiger partial charge in [0, 0.05) is 36.8 Å². The fourth-order valence-electron chi connectivity index (χ4n) is 3.76. The Balaban J connectivity index is 1.73. The molecule has 7 heteroatoms. The summed E-state index contributed by atoms with van der Waals surface area (Å²) >= 11 is 0. The van der Waals surface area contributed by atoms with Crippen molar-refractivity contribution in [2.75, 3.05) is 6.54 Å². The van der Waals surface area contributed by atoms with Crippen LogP contribution in [0.2, 0.25) is 0 Å². The molecule has 29 heavy (non-hydrogen) atoms. The summed E-state index contributed by atoms with van der Waals surface area (Å²) in [7, 11) is 0. The van der Waals surface area contributed by atoms with Crippen LogP contribution in [0.25, 0.3) is 11.1 Å². The number of carbonyl (C=O) groups excluding carboxylic acids is 1. The number of nitrogens with zero attached hydrogens (tertiary/aromatic N) is 5. The number of hydrogen-bond donors (Lipinski definition) is 0. The minimum absolute atomic E-state index is 0.131. The Morgan fingerprint density at radius 1 is 1.24 bits per heavy atom. The van der Waals surface area contributed by atoms with Gasteiger partial charge in [0.15, 0.2) is 0 Å². The first kappa shape index (κ1) is 19.2. The van der Waals surface area contributed by atoms with E-state index >= 15 is 0 Å². The minimum atomic E-state index is -0.133. The Morgan fingerprint density at radius 3 is 2.76 bits per heavy atom. The highest BCUT2D eigenvalue weighted by Gasteiger charge is 2.33. The molecule has 3 aromatic rings. The lowest BCUT2D eigenvalue weighted by molar-refractivity contribution is 0.0564. The number of rotatable bonds is 4. The molecule has 1 fully saturated rings. The maximum Gasteiger partial charge on any atom is 0.293 e. The first-order valence-electron chi connectivity index (χ1n) is 10.1. The van der Waals surface area contributed by atoms with Crippen molar-refractivity contribution < 1.29 is 9.32 Å². The maximum atomic E-state index is 13.3. The van der Waals surface area contributed by atoms with Crippen molar-refractivity contribution in [2.45, 2.75) is 52.0 Å². The van der Waals surface area contributed by atoms with E-state index in [-0.39, 0.29) is 23.6 Å². The Hall–Kier alpha value is -3.09. The summed E-state index contributed by atoms with van der Waals surface area (Å²) in [5.41, 5.74) is 3.59. The van der Waals surface area contributed by atoms with Crippen molar-refractivity contribution in [1.29, 1.82) is 0 Å². The third kappa shape index (κ3) is 3.90. The van der Waals surface area contributed by atoms with Gasteiger partial charge in [-0.3, -0.25) is 9.78 Å². The van der Waals surface area contributed by atoms with Crippen LogP contribution in [0.4, 0.5) is 0 Å². The lowest BCUT2D eigenvalue weighted by Crippen LogP contribution is -2.39. The summed E-state index contributed by atoms with van der Waals surface area (Å²) in [4.78, 5) is 28.4. The average Bonchev–Trinajstić information content (AvgIpc) is 3.24. The monoisotopic (exact) mass is 391 g/mol. The molecule has 4 heterocycles. The van der Waals surface area contributed by atoms with Crippen molar-refractivity contribution >= 4 is 5.91 Å². The molecule has 0 N–H and O–H groups in total. The van der Waals surface area contributed by atoms with E-state index in [9.17, 15) is 4.79 Å². The first-order valence-corrected chi connectivity index (χ1v) is 10.1. The largest absolute Gasteiger partial charge is 0.351 e. The predicted molar refractivity (Wildman–Crippen MR) is 108 cm³/mol. The molecule has 0 aromatic carbocycles. The van der Waals surface area contributed by atoms with Gasteiger partial charge in [-0.2, -0.15) is 0 Å². The number of likely N-dealkylation sites (tertiary alicyclic amines) is 1. The topological polar surface area (TPSA) is 85.0 Å². The average molecular weight is 391 g/mol. The van der Waals surface area contributed by atoms with Crippen LogP contribution >= 0.6 is 0 Å². The molecule has 0 spiro atoms. The van der Waals surface area contributed by atoms with Gasteiger partial charge in [-0.05, 0) is 49.8 Å².